The number of piperidine rings is 1. The molecule has 0 radical (unpaired) electrons. The zero-order valence-corrected chi connectivity index (χ0v) is 12.6. The Morgan fingerprint density at radius 1 is 1.15 bits per heavy atom. The number of amides is 1. The smallest absolute Gasteiger partial charge is 0.242 e. The Balaban J connectivity index is 1.85. The predicted octanol–water partition coefficient (Wildman–Crippen LogP) is 3.96. The Kier molecular flexibility index (Phi) is 3.90. The molecule has 20 heavy (non-hydrogen) atoms. The van der Waals surface area contributed by atoms with Gasteiger partial charge in [-0.2, -0.15) is 0 Å². The van der Waals surface area contributed by atoms with Crippen LogP contribution in [0.15, 0.2) is 24.4 Å². The van der Waals surface area contributed by atoms with Crippen molar-refractivity contribution in [2.75, 3.05) is 13.1 Å². The third-order valence-electron chi connectivity index (χ3n) is 3.82. The SMILES string of the molecule is O=C(Cn1ccc2c(Cl)cc(Cl)cc21)N1CCCCC1. The lowest BCUT2D eigenvalue weighted by molar-refractivity contribution is -0.132. The molecule has 1 amide bonds. The summed E-state index contributed by atoms with van der Waals surface area (Å²) in [5, 5.41) is 2.15. The first-order valence-corrected chi connectivity index (χ1v) is 7.62. The van der Waals surface area contributed by atoms with Gasteiger partial charge in [-0.05, 0) is 37.5 Å². The Bertz CT molecular complexity index is 645. The van der Waals surface area contributed by atoms with Crippen LogP contribution in [0.5, 0.6) is 0 Å². The van der Waals surface area contributed by atoms with Crippen LogP contribution in [-0.2, 0) is 11.3 Å². The number of nitrogens with zero attached hydrogens (tertiary/aromatic N) is 2. The van der Waals surface area contributed by atoms with E-state index in [4.69, 9.17) is 23.2 Å². The van der Waals surface area contributed by atoms with Gasteiger partial charge in [0.25, 0.3) is 0 Å². The summed E-state index contributed by atoms with van der Waals surface area (Å²) in [7, 11) is 0. The molecule has 1 aliphatic rings. The molecule has 2 aromatic rings. The number of hydrogen-bond acceptors (Lipinski definition) is 1. The molecule has 0 bridgehead atoms. The van der Waals surface area contributed by atoms with E-state index >= 15 is 0 Å². The minimum atomic E-state index is 0.165. The standard InChI is InChI=1S/C15H16Cl2N2O/c16-11-8-13(17)12-4-7-19(14(12)9-11)10-15(20)18-5-2-1-3-6-18/h4,7-9H,1-3,5-6,10H2. The van der Waals surface area contributed by atoms with Crippen molar-refractivity contribution in [1.29, 1.82) is 0 Å². The van der Waals surface area contributed by atoms with Crippen LogP contribution in [0, 0.1) is 0 Å². The fraction of sp³-hybridized carbons (Fsp3) is 0.400. The van der Waals surface area contributed by atoms with Crippen LogP contribution in [-0.4, -0.2) is 28.5 Å². The van der Waals surface area contributed by atoms with Gasteiger partial charge in [-0.3, -0.25) is 4.79 Å². The van der Waals surface area contributed by atoms with Crippen molar-refractivity contribution >= 4 is 40.0 Å². The summed E-state index contributed by atoms with van der Waals surface area (Å²) in [4.78, 5) is 14.3. The summed E-state index contributed by atoms with van der Waals surface area (Å²) in [5.41, 5.74) is 0.910. The largest absolute Gasteiger partial charge is 0.341 e. The number of rotatable bonds is 2. The van der Waals surface area contributed by atoms with Crippen molar-refractivity contribution in [3.63, 3.8) is 0 Å². The van der Waals surface area contributed by atoms with Crippen LogP contribution in [0.2, 0.25) is 10.0 Å². The molecule has 0 spiro atoms. The second-order valence-corrected chi connectivity index (χ2v) is 6.05. The minimum Gasteiger partial charge on any atom is -0.341 e. The highest BCUT2D eigenvalue weighted by Gasteiger charge is 2.17. The van der Waals surface area contributed by atoms with E-state index in [-0.39, 0.29) is 5.91 Å². The molecule has 3 nitrogen and oxygen atoms in total. The molecule has 1 aromatic carbocycles. The zero-order valence-electron chi connectivity index (χ0n) is 11.1. The zero-order chi connectivity index (χ0) is 14.1. The van der Waals surface area contributed by atoms with E-state index in [0.717, 1.165) is 36.8 Å². The van der Waals surface area contributed by atoms with Gasteiger partial charge in [-0.25, -0.2) is 0 Å². The summed E-state index contributed by atoms with van der Waals surface area (Å²) >= 11 is 12.2. The monoisotopic (exact) mass is 310 g/mol. The van der Waals surface area contributed by atoms with E-state index in [2.05, 4.69) is 0 Å². The van der Waals surface area contributed by atoms with E-state index in [9.17, 15) is 4.79 Å². The normalized spacial score (nSPS) is 15.8. The number of carbonyl (C=O) groups is 1. The third-order valence-corrected chi connectivity index (χ3v) is 4.35. The van der Waals surface area contributed by atoms with Crippen LogP contribution in [0.3, 0.4) is 0 Å². The maximum atomic E-state index is 12.3. The van der Waals surface area contributed by atoms with Crippen LogP contribution in [0.25, 0.3) is 10.9 Å². The second-order valence-electron chi connectivity index (χ2n) is 5.21. The van der Waals surface area contributed by atoms with Crippen molar-refractivity contribution in [2.24, 2.45) is 0 Å². The van der Waals surface area contributed by atoms with Gasteiger partial charge in [-0.1, -0.05) is 23.2 Å². The molecule has 106 valence electrons. The number of likely N-dealkylation sites (tertiary alicyclic amines) is 1. The van der Waals surface area contributed by atoms with Gasteiger partial charge >= 0.3 is 0 Å². The lowest BCUT2D eigenvalue weighted by atomic mass is 10.1. The molecule has 1 aromatic heterocycles. The van der Waals surface area contributed by atoms with Gasteiger partial charge in [-0.15, -0.1) is 0 Å². The van der Waals surface area contributed by atoms with Crippen LogP contribution in [0.1, 0.15) is 19.3 Å². The fourth-order valence-corrected chi connectivity index (χ4v) is 3.29. The Labute approximate surface area is 128 Å². The number of hydrogen-bond donors (Lipinski definition) is 0. The minimum absolute atomic E-state index is 0.165. The molecule has 0 unspecified atom stereocenters. The van der Waals surface area contributed by atoms with E-state index in [1.54, 1.807) is 6.07 Å². The first-order chi connectivity index (χ1) is 9.65. The summed E-state index contributed by atoms with van der Waals surface area (Å²) in [6.07, 6.45) is 5.34. The lowest BCUT2D eigenvalue weighted by Crippen LogP contribution is -2.37. The first-order valence-electron chi connectivity index (χ1n) is 6.87. The van der Waals surface area contributed by atoms with Gasteiger partial charge in [0, 0.05) is 29.7 Å². The van der Waals surface area contributed by atoms with Crippen molar-refractivity contribution in [3.05, 3.63) is 34.4 Å². The topological polar surface area (TPSA) is 25.2 Å². The molecule has 0 N–H and O–H groups in total. The first kappa shape index (κ1) is 13.8. The Morgan fingerprint density at radius 3 is 2.65 bits per heavy atom. The highest BCUT2D eigenvalue weighted by atomic mass is 35.5. The summed E-state index contributed by atoms with van der Waals surface area (Å²) < 4.78 is 1.92. The molecular formula is C15H16Cl2N2O. The maximum absolute atomic E-state index is 12.3. The van der Waals surface area contributed by atoms with Crippen molar-refractivity contribution in [1.82, 2.24) is 9.47 Å². The Hall–Kier alpha value is -1.19. The summed E-state index contributed by atoms with van der Waals surface area (Å²) in [5.74, 6) is 0.165. The van der Waals surface area contributed by atoms with E-state index in [0.29, 0.717) is 16.6 Å². The molecule has 0 saturated carbocycles. The predicted molar refractivity (Wildman–Crippen MR) is 82.4 cm³/mol. The van der Waals surface area contributed by atoms with Crippen molar-refractivity contribution < 1.29 is 4.79 Å². The molecule has 1 aliphatic heterocycles. The number of carbonyl (C=O) groups excluding carboxylic acids is 1. The Morgan fingerprint density at radius 2 is 1.90 bits per heavy atom. The van der Waals surface area contributed by atoms with Crippen LogP contribution in [0.4, 0.5) is 0 Å². The number of fused-ring (bicyclic) bond motifs is 1. The molecule has 0 aliphatic carbocycles. The molecule has 5 heteroatoms. The number of benzene rings is 1. The maximum Gasteiger partial charge on any atom is 0.242 e. The number of aromatic nitrogens is 1. The highest BCUT2D eigenvalue weighted by Crippen LogP contribution is 2.28. The van der Waals surface area contributed by atoms with Crippen molar-refractivity contribution in [3.8, 4) is 0 Å². The van der Waals surface area contributed by atoms with Gasteiger partial charge in [0.15, 0.2) is 0 Å². The molecule has 1 saturated heterocycles. The second kappa shape index (κ2) is 5.66. The van der Waals surface area contributed by atoms with Gasteiger partial charge < -0.3 is 9.47 Å². The summed E-state index contributed by atoms with van der Waals surface area (Å²) in [6.45, 7) is 2.10. The van der Waals surface area contributed by atoms with Crippen LogP contribution >= 0.6 is 23.2 Å². The average molecular weight is 311 g/mol. The van der Waals surface area contributed by atoms with Gasteiger partial charge in [0.1, 0.15) is 6.54 Å². The van der Waals surface area contributed by atoms with E-state index in [1.165, 1.54) is 6.42 Å². The molecule has 1 fully saturated rings. The summed E-state index contributed by atoms with van der Waals surface area (Å²) in [6, 6.07) is 5.51. The number of halogens is 2. The average Bonchev–Trinajstić information content (AvgIpc) is 2.83. The third kappa shape index (κ3) is 2.65. The van der Waals surface area contributed by atoms with E-state index in [1.807, 2.05) is 27.8 Å². The van der Waals surface area contributed by atoms with Gasteiger partial charge in [0.2, 0.25) is 5.91 Å². The molecule has 3 rings (SSSR count). The van der Waals surface area contributed by atoms with Crippen LogP contribution < -0.4 is 0 Å². The van der Waals surface area contributed by atoms with E-state index < -0.39 is 0 Å². The van der Waals surface area contributed by atoms with Gasteiger partial charge in [0.05, 0.1) is 10.5 Å². The lowest BCUT2D eigenvalue weighted by Gasteiger charge is -2.27. The quantitative estimate of drug-likeness (QED) is 0.824. The molecule has 0 atom stereocenters. The highest BCUT2D eigenvalue weighted by molar-refractivity contribution is 6.38. The molecular weight excluding hydrogens is 295 g/mol. The molecule has 2 heterocycles. The fourth-order valence-electron chi connectivity index (χ4n) is 2.75. The van der Waals surface area contributed by atoms with Crippen molar-refractivity contribution in [2.45, 2.75) is 25.8 Å².